The third-order valence-electron chi connectivity index (χ3n) is 4.77. The molecule has 0 aromatic heterocycles. The van der Waals surface area contributed by atoms with E-state index in [1.54, 1.807) is 23.1 Å². The van der Waals surface area contributed by atoms with Crippen molar-refractivity contribution in [2.75, 3.05) is 31.5 Å². The van der Waals surface area contributed by atoms with Gasteiger partial charge in [-0.05, 0) is 31.3 Å². The maximum absolute atomic E-state index is 14.4. The fraction of sp³-hybridized carbons (Fsp3) is 0.350. The number of nitrogens with one attached hydrogen (secondary N) is 1. The van der Waals surface area contributed by atoms with E-state index in [2.05, 4.69) is 24.1 Å². The summed E-state index contributed by atoms with van der Waals surface area (Å²) in [5.74, 6) is -0.366. The highest BCUT2D eigenvalue weighted by Crippen LogP contribution is 2.33. The quantitative estimate of drug-likeness (QED) is 0.869. The van der Waals surface area contributed by atoms with Crippen LogP contribution in [-0.2, 0) is 0 Å². The number of rotatable bonds is 6. The summed E-state index contributed by atoms with van der Waals surface area (Å²) in [6, 6.07) is 14.0. The Morgan fingerprint density at radius 3 is 2.48 bits per heavy atom. The molecule has 1 amide bonds. The molecule has 1 heterocycles. The minimum atomic E-state index is -0.501. The predicted molar refractivity (Wildman–Crippen MR) is 98.0 cm³/mol. The van der Waals surface area contributed by atoms with Crippen molar-refractivity contribution in [3.05, 3.63) is 65.5 Å². The SMILES string of the molecule is CCN(CC)CCN1C(=O)c2ccccc2N[C@@H]1c1ccccc1F. The van der Waals surface area contributed by atoms with Crippen molar-refractivity contribution in [1.82, 2.24) is 9.80 Å². The molecule has 132 valence electrons. The van der Waals surface area contributed by atoms with Gasteiger partial charge in [-0.25, -0.2) is 4.39 Å². The minimum absolute atomic E-state index is 0.0604. The third kappa shape index (κ3) is 3.51. The molecule has 25 heavy (non-hydrogen) atoms. The van der Waals surface area contributed by atoms with Crippen LogP contribution in [-0.4, -0.2) is 41.9 Å². The number of amides is 1. The van der Waals surface area contributed by atoms with Gasteiger partial charge >= 0.3 is 0 Å². The van der Waals surface area contributed by atoms with Gasteiger partial charge in [-0.2, -0.15) is 0 Å². The van der Waals surface area contributed by atoms with Crippen LogP contribution in [0.1, 0.15) is 35.9 Å². The lowest BCUT2D eigenvalue weighted by Crippen LogP contribution is -2.46. The Bertz CT molecular complexity index is 745. The Balaban J connectivity index is 1.95. The molecule has 3 rings (SSSR count). The molecule has 1 atom stereocenters. The van der Waals surface area contributed by atoms with Gasteiger partial charge in [0.2, 0.25) is 0 Å². The van der Waals surface area contributed by atoms with Gasteiger partial charge in [0.25, 0.3) is 5.91 Å². The average Bonchev–Trinajstić information content (AvgIpc) is 2.64. The summed E-state index contributed by atoms with van der Waals surface area (Å²) >= 11 is 0. The number of para-hydroxylation sites is 1. The van der Waals surface area contributed by atoms with Crippen LogP contribution in [0.5, 0.6) is 0 Å². The molecule has 0 saturated carbocycles. The Kier molecular flexibility index (Phi) is 5.34. The van der Waals surface area contributed by atoms with E-state index in [-0.39, 0.29) is 11.7 Å². The number of nitrogens with zero attached hydrogens (tertiary/aromatic N) is 2. The highest BCUT2D eigenvalue weighted by molar-refractivity contribution is 6.01. The smallest absolute Gasteiger partial charge is 0.257 e. The summed E-state index contributed by atoms with van der Waals surface area (Å²) in [4.78, 5) is 17.0. The maximum Gasteiger partial charge on any atom is 0.257 e. The van der Waals surface area contributed by atoms with E-state index in [4.69, 9.17) is 0 Å². The molecule has 1 aliphatic heterocycles. The van der Waals surface area contributed by atoms with Gasteiger partial charge in [0, 0.05) is 24.3 Å². The molecule has 0 unspecified atom stereocenters. The number of carbonyl (C=O) groups is 1. The molecular formula is C20H24FN3O. The van der Waals surface area contributed by atoms with Crippen molar-refractivity contribution in [1.29, 1.82) is 0 Å². The van der Waals surface area contributed by atoms with Crippen LogP contribution in [0.15, 0.2) is 48.5 Å². The fourth-order valence-electron chi connectivity index (χ4n) is 3.25. The molecule has 0 bridgehead atoms. The van der Waals surface area contributed by atoms with Gasteiger partial charge in [-0.15, -0.1) is 0 Å². The standard InChI is InChI=1S/C20H24FN3O/c1-3-23(4-2)13-14-24-19(15-9-5-7-11-17(15)21)22-18-12-8-6-10-16(18)20(24)25/h5-12,19,22H,3-4,13-14H2,1-2H3/t19-/m0/s1. The number of hydrogen-bond acceptors (Lipinski definition) is 3. The first-order valence-electron chi connectivity index (χ1n) is 8.79. The highest BCUT2D eigenvalue weighted by atomic mass is 19.1. The Labute approximate surface area is 148 Å². The molecular weight excluding hydrogens is 317 g/mol. The number of anilines is 1. The maximum atomic E-state index is 14.4. The van der Waals surface area contributed by atoms with Gasteiger partial charge in [0.15, 0.2) is 0 Å². The van der Waals surface area contributed by atoms with Gasteiger partial charge in [0.05, 0.1) is 5.56 Å². The van der Waals surface area contributed by atoms with E-state index < -0.39 is 6.17 Å². The lowest BCUT2D eigenvalue weighted by atomic mass is 10.0. The number of carbonyl (C=O) groups excluding carboxylic acids is 1. The summed E-state index contributed by atoms with van der Waals surface area (Å²) in [5, 5.41) is 3.34. The van der Waals surface area contributed by atoms with Crippen molar-refractivity contribution in [3.8, 4) is 0 Å². The summed E-state index contributed by atoms with van der Waals surface area (Å²) in [5.41, 5.74) is 1.87. The molecule has 4 nitrogen and oxygen atoms in total. The number of halogens is 1. The first kappa shape index (κ1) is 17.4. The molecule has 0 saturated heterocycles. The largest absolute Gasteiger partial charge is 0.361 e. The summed E-state index contributed by atoms with van der Waals surface area (Å²) < 4.78 is 14.4. The summed E-state index contributed by atoms with van der Waals surface area (Å²) in [7, 11) is 0. The Hall–Kier alpha value is -2.40. The summed E-state index contributed by atoms with van der Waals surface area (Å²) in [6.45, 7) is 7.35. The first-order chi connectivity index (χ1) is 12.2. The zero-order chi connectivity index (χ0) is 17.8. The van der Waals surface area contributed by atoms with Crippen molar-refractivity contribution < 1.29 is 9.18 Å². The third-order valence-corrected chi connectivity index (χ3v) is 4.77. The lowest BCUT2D eigenvalue weighted by Gasteiger charge is -2.39. The zero-order valence-corrected chi connectivity index (χ0v) is 14.7. The van der Waals surface area contributed by atoms with Gasteiger partial charge in [0.1, 0.15) is 12.0 Å². The molecule has 0 radical (unpaired) electrons. The molecule has 5 heteroatoms. The molecule has 0 aliphatic carbocycles. The molecule has 0 fully saturated rings. The normalized spacial score (nSPS) is 16.7. The fourth-order valence-corrected chi connectivity index (χ4v) is 3.25. The predicted octanol–water partition coefficient (Wildman–Crippen LogP) is 3.73. The second-order valence-electron chi connectivity index (χ2n) is 6.14. The number of likely N-dealkylation sites (N-methyl/N-ethyl adjacent to an activating group) is 1. The van der Waals surface area contributed by atoms with E-state index in [1.165, 1.54) is 6.07 Å². The van der Waals surface area contributed by atoms with Gasteiger partial charge in [-0.3, -0.25) is 4.79 Å². The zero-order valence-electron chi connectivity index (χ0n) is 14.7. The molecule has 2 aromatic rings. The van der Waals surface area contributed by atoms with Gasteiger partial charge < -0.3 is 15.1 Å². The topological polar surface area (TPSA) is 35.6 Å². The van der Waals surface area contributed by atoms with Crippen molar-refractivity contribution >= 4 is 11.6 Å². The molecule has 2 aromatic carbocycles. The van der Waals surface area contributed by atoms with Gasteiger partial charge in [-0.1, -0.05) is 44.2 Å². The monoisotopic (exact) mass is 341 g/mol. The lowest BCUT2D eigenvalue weighted by molar-refractivity contribution is 0.0657. The van der Waals surface area contributed by atoms with Crippen LogP contribution in [0.2, 0.25) is 0 Å². The van der Waals surface area contributed by atoms with Crippen molar-refractivity contribution in [2.24, 2.45) is 0 Å². The van der Waals surface area contributed by atoms with E-state index >= 15 is 0 Å². The van der Waals surface area contributed by atoms with E-state index in [0.29, 0.717) is 17.7 Å². The van der Waals surface area contributed by atoms with Crippen LogP contribution in [0, 0.1) is 5.82 Å². The van der Waals surface area contributed by atoms with Crippen LogP contribution in [0.4, 0.5) is 10.1 Å². The van der Waals surface area contributed by atoms with Crippen LogP contribution < -0.4 is 5.32 Å². The Morgan fingerprint density at radius 1 is 1.08 bits per heavy atom. The minimum Gasteiger partial charge on any atom is -0.361 e. The van der Waals surface area contributed by atoms with Crippen molar-refractivity contribution in [2.45, 2.75) is 20.0 Å². The average molecular weight is 341 g/mol. The van der Waals surface area contributed by atoms with E-state index in [9.17, 15) is 9.18 Å². The highest BCUT2D eigenvalue weighted by Gasteiger charge is 2.33. The molecule has 1 N–H and O–H groups in total. The first-order valence-corrected chi connectivity index (χ1v) is 8.79. The van der Waals surface area contributed by atoms with Crippen LogP contribution in [0.3, 0.4) is 0 Å². The second-order valence-corrected chi connectivity index (χ2v) is 6.14. The Morgan fingerprint density at radius 2 is 1.76 bits per heavy atom. The summed E-state index contributed by atoms with van der Waals surface area (Å²) in [6.07, 6.45) is -0.501. The number of hydrogen-bond donors (Lipinski definition) is 1. The van der Waals surface area contributed by atoms with Crippen LogP contribution in [0.25, 0.3) is 0 Å². The van der Waals surface area contributed by atoms with E-state index in [0.717, 1.165) is 25.3 Å². The van der Waals surface area contributed by atoms with Crippen LogP contribution >= 0.6 is 0 Å². The number of benzene rings is 2. The van der Waals surface area contributed by atoms with Crippen molar-refractivity contribution in [3.63, 3.8) is 0 Å². The second kappa shape index (κ2) is 7.66. The van der Waals surface area contributed by atoms with E-state index in [1.807, 2.05) is 24.3 Å². The molecule has 0 spiro atoms. The number of fused-ring (bicyclic) bond motifs is 1. The molecule has 1 aliphatic rings.